The number of hydrogen-bond donors (Lipinski definition) is 1. The summed E-state index contributed by atoms with van der Waals surface area (Å²) in [6.07, 6.45) is 1.06. The molecule has 0 bridgehead atoms. The van der Waals surface area contributed by atoms with Crippen LogP contribution in [0.3, 0.4) is 0 Å². The van der Waals surface area contributed by atoms with Gasteiger partial charge in [0.1, 0.15) is 5.75 Å². The summed E-state index contributed by atoms with van der Waals surface area (Å²) in [4.78, 5) is 5.06. The number of nitrogens with zero attached hydrogens (tertiary/aromatic N) is 2. The fourth-order valence-electron chi connectivity index (χ4n) is 3.83. The molecule has 4 atom stereocenters. The molecule has 1 aromatic carbocycles. The molecule has 1 fully saturated rings. The van der Waals surface area contributed by atoms with Crippen LogP contribution in [0.25, 0.3) is 0 Å². The molecule has 2 aliphatic rings. The van der Waals surface area contributed by atoms with Crippen molar-refractivity contribution in [2.45, 2.75) is 44.4 Å². The van der Waals surface area contributed by atoms with Gasteiger partial charge in [-0.05, 0) is 50.6 Å². The number of benzene rings is 1. The zero-order valence-corrected chi connectivity index (χ0v) is 13.5. The summed E-state index contributed by atoms with van der Waals surface area (Å²) >= 11 is 0. The second kappa shape index (κ2) is 5.59. The third-order valence-corrected chi connectivity index (χ3v) is 5.41. The molecule has 1 heterocycles. The van der Waals surface area contributed by atoms with E-state index < -0.39 is 0 Å². The van der Waals surface area contributed by atoms with Crippen molar-refractivity contribution in [3.05, 3.63) is 29.3 Å². The van der Waals surface area contributed by atoms with Gasteiger partial charge in [-0.1, -0.05) is 6.07 Å². The molecule has 3 rings (SSSR count). The summed E-state index contributed by atoms with van der Waals surface area (Å²) in [5, 5.41) is 0. The summed E-state index contributed by atoms with van der Waals surface area (Å²) in [7, 11) is 3.93. The molecule has 4 nitrogen and oxygen atoms in total. The molecule has 0 amide bonds. The normalized spacial score (nSPS) is 34.0. The van der Waals surface area contributed by atoms with E-state index in [0.29, 0.717) is 18.1 Å². The summed E-state index contributed by atoms with van der Waals surface area (Å²) in [6.45, 7) is 6.81. The van der Waals surface area contributed by atoms with Gasteiger partial charge in [0, 0.05) is 37.3 Å². The van der Waals surface area contributed by atoms with Crippen LogP contribution in [0.1, 0.15) is 31.0 Å². The molecule has 2 N–H and O–H groups in total. The first kappa shape index (κ1) is 14.8. The quantitative estimate of drug-likeness (QED) is 0.899. The third kappa shape index (κ3) is 2.56. The number of ether oxygens (including phenoxy) is 1. The Labute approximate surface area is 127 Å². The van der Waals surface area contributed by atoms with Crippen molar-refractivity contribution >= 4 is 0 Å². The van der Waals surface area contributed by atoms with E-state index >= 15 is 0 Å². The largest absolute Gasteiger partial charge is 0.497 e. The van der Waals surface area contributed by atoms with Crippen molar-refractivity contribution in [2.24, 2.45) is 5.73 Å². The number of piperazine rings is 1. The lowest BCUT2D eigenvalue weighted by molar-refractivity contribution is 0.0296. The lowest BCUT2D eigenvalue weighted by Crippen LogP contribution is -2.58. The summed E-state index contributed by atoms with van der Waals surface area (Å²) in [5.41, 5.74) is 9.20. The molecular weight excluding hydrogens is 262 g/mol. The van der Waals surface area contributed by atoms with E-state index in [-0.39, 0.29) is 6.04 Å². The predicted molar refractivity (Wildman–Crippen MR) is 85.7 cm³/mol. The van der Waals surface area contributed by atoms with Crippen molar-refractivity contribution in [3.63, 3.8) is 0 Å². The highest BCUT2D eigenvalue weighted by molar-refractivity contribution is 5.42. The van der Waals surface area contributed by atoms with E-state index in [0.717, 1.165) is 25.3 Å². The highest BCUT2D eigenvalue weighted by atomic mass is 16.5. The molecule has 21 heavy (non-hydrogen) atoms. The number of methoxy groups -OCH3 is 1. The van der Waals surface area contributed by atoms with Crippen LogP contribution >= 0.6 is 0 Å². The van der Waals surface area contributed by atoms with Crippen LogP contribution in [0.2, 0.25) is 0 Å². The van der Waals surface area contributed by atoms with Crippen LogP contribution < -0.4 is 10.5 Å². The Bertz CT molecular complexity index is 507. The van der Waals surface area contributed by atoms with Gasteiger partial charge in [0.25, 0.3) is 0 Å². The first-order valence-corrected chi connectivity index (χ1v) is 7.89. The summed E-state index contributed by atoms with van der Waals surface area (Å²) in [6, 6.07) is 8.02. The molecule has 4 unspecified atom stereocenters. The standard InChI is InChI=1S/C17H27N3O/c1-11-9-20(10-12(2)19(11)3)16-7-13-5-6-14(21-4)8-15(13)17(16)18/h5-6,8,11-12,16-17H,7,9-10,18H2,1-4H3. The van der Waals surface area contributed by atoms with Gasteiger partial charge in [-0.15, -0.1) is 0 Å². The second-order valence-corrected chi connectivity index (χ2v) is 6.68. The first-order chi connectivity index (χ1) is 10.0. The van der Waals surface area contributed by atoms with Gasteiger partial charge in [-0.2, -0.15) is 0 Å². The maximum atomic E-state index is 6.56. The molecule has 1 aliphatic heterocycles. The van der Waals surface area contributed by atoms with Crippen LogP contribution in [0.5, 0.6) is 5.75 Å². The van der Waals surface area contributed by atoms with Crippen LogP contribution in [0.15, 0.2) is 18.2 Å². The van der Waals surface area contributed by atoms with E-state index in [2.05, 4.69) is 42.8 Å². The molecule has 0 aromatic heterocycles. The monoisotopic (exact) mass is 289 g/mol. The Morgan fingerprint density at radius 1 is 1.19 bits per heavy atom. The third-order valence-electron chi connectivity index (χ3n) is 5.41. The Morgan fingerprint density at radius 3 is 2.48 bits per heavy atom. The van der Waals surface area contributed by atoms with Gasteiger partial charge in [-0.25, -0.2) is 0 Å². The molecular formula is C17H27N3O. The molecule has 0 saturated carbocycles. The fraction of sp³-hybridized carbons (Fsp3) is 0.647. The van der Waals surface area contributed by atoms with E-state index in [9.17, 15) is 0 Å². The number of fused-ring (bicyclic) bond motifs is 1. The van der Waals surface area contributed by atoms with E-state index in [1.54, 1.807) is 7.11 Å². The SMILES string of the molecule is COc1ccc2c(c1)C(N)C(N1CC(C)N(C)C(C)C1)C2. The van der Waals surface area contributed by atoms with E-state index in [1.165, 1.54) is 11.1 Å². The number of likely N-dealkylation sites (N-methyl/N-ethyl adjacent to an activating group) is 1. The van der Waals surface area contributed by atoms with Gasteiger partial charge in [-0.3, -0.25) is 9.80 Å². The zero-order chi connectivity index (χ0) is 15.1. The minimum absolute atomic E-state index is 0.0953. The molecule has 0 spiro atoms. The minimum Gasteiger partial charge on any atom is -0.497 e. The average molecular weight is 289 g/mol. The smallest absolute Gasteiger partial charge is 0.119 e. The molecule has 0 radical (unpaired) electrons. The highest BCUT2D eigenvalue weighted by Gasteiger charge is 2.38. The predicted octanol–water partition coefficient (Wildman–Crippen LogP) is 1.64. The van der Waals surface area contributed by atoms with Crippen LogP contribution in [0, 0.1) is 0 Å². The Hall–Kier alpha value is -1.10. The van der Waals surface area contributed by atoms with Crippen molar-refractivity contribution in [1.82, 2.24) is 9.80 Å². The minimum atomic E-state index is 0.0953. The topological polar surface area (TPSA) is 41.7 Å². The molecule has 1 saturated heterocycles. The van der Waals surface area contributed by atoms with Crippen LogP contribution in [-0.4, -0.2) is 55.2 Å². The van der Waals surface area contributed by atoms with E-state index in [1.807, 2.05) is 6.07 Å². The number of hydrogen-bond acceptors (Lipinski definition) is 4. The molecule has 4 heteroatoms. The van der Waals surface area contributed by atoms with Gasteiger partial charge < -0.3 is 10.5 Å². The second-order valence-electron chi connectivity index (χ2n) is 6.68. The highest BCUT2D eigenvalue weighted by Crippen LogP contribution is 2.36. The average Bonchev–Trinajstić information content (AvgIpc) is 2.81. The van der Waals surface area contributed by atoms with Gasteiger partial charge in [0.2, 0.25) is 0 Å². The van der Waals surface area contributed by atoms with Crippen molar-refractivity contribution < 1.29 is 4.74 Å². The Balaban J connectivity index is 1.80. The van der Waals surface area contributed by atoms with Crippen molar-refractivity contribution in [1.29, 1.82) is 0 Å². The Morgan fingerprint density at radius 2 is 1.86 bits per heavy atom. The lowest BCUT2D eigenvalue weighted by Gasteiger charge is -2.45. The zero-order valence-electron chi connectivity index (χ0n) is 13.5. The summed E-state index contributed by atoms with van der Waals surface area (Å²) in [5.74, 6) is 0.907. The van der Waals surface area contributed by atoms with Gasteiger partial charge in [0.05, 0.1) is 7.11 Å². The number of nitrogens with two attached hydrogens (primary N) is 1. The molecule has 1 aromatic rings. The fourth-order valence-corrected chi connectivity index (χ4v) is 3.83. The maximum absolute atomic E-state index is 6.56. The Kier molecular flexibility index (Phi) is 3.95. The lowest BCUT2D eigenvalue weighted by atomic mass is 10.0. The number of rotatable bonds is 2. The van der Waals surface area contributed by atoms with Crippen LogP contribution in [0.4, 0.5) is 0 Å². The first-order valence-electron chi connectivity index (χ1n) is 7.89. The van der Waals surface area contributed by atoms with Crippen molar-refractivity contribution in [3.8, 4) is 5.75 Å². The molecule has 116 valence electrons. The molecule has 1 aliphatic carbocycles. The maximum Gasteiger partial charge on any atom is 0.119 e. The van der Waals surface area contributed by atoms with Gasteiger partial charge >= 0.3 is 0 Å². The van der Waals surface area contributed by atoms with E-state index in [4.69, 9.17) is 10.5 Å². The van der Waals surface area contributed by atoms with Gasteiger partial charge in [0.15, 0.2) is 0 Å². The van der Waals surface area contributed by atoms with Crippen molar-refractivity contribution in [2.75, 3.05) is 27.2 Å². The summed E-state index contributed by atoms with van der Waals surface area (Å²) < 4.78 is 5.34. The van der Waals surface area contributed by atoms with Crippen LogP contribution in [-0.2, 0) is 6.42 Å².